The summed E-state index contributed by atoms with van der Waals surface area (Å²) in [4.78, 5) is 41.6. The van der Waals surface area contributed by atoms with Crippen LogP contribution in [0, 0.1) is 13.8 Å². The highest BCUT2D eigenvalue weighted by molar-refractivity contribution is 7.10. The SMILES string of the molecule is Cc1cc(C(=O)CN2C(=O)N[C@]3(CCCc4sccc43)C2=O)c(C)n1-c1ccc(OC(F)F)cc1. The Morgan fingerprint density at radius 1 is 1.20 bits per heavy atom. The van der Waals surface area contributed by atoms with Gasteiger partial charge in [-0.2, -0.15) is 8.78 Å². The van der Waals surface area contributed by atoms with Crippen LogP contribution in [0.15, 0.2) is 41.8 Å². The Labute approximate surface area is 204 Å². The van der Waals surface area contributed by atoms with Gasteiger partial charge in [-0.15, -0.1) is 11.3 Å². The predicted molar refractivity (Wildman–Crippen MR) is 125 cm³/mol. The Hall–Kier alpha value is -3.53. The van der Waals surface area contributed by atoms with Crippen molar-refractivity contribution >= 4 is 29.1 Å². The van der Waals surface area contributed by atoms with Crippen LogP contribution in [0.1, 0.15) is 45.0 Å². The van der Waals surface area contributed by atoms with Crippen LogP contribution in [0.5, 0.6) is 5.75 Å². The molecule has 1 aliphatic carbocycles. The van der Waals surface area contributed by atoms with Crippen molar-refractivity contribution in [3.8, 4) is 11.4 Å². The number of aromatic nitrogens is 1. The summed E-state index contributed by atoms with van der Waals surface area (Å²) >= 11 is 1.57. The van der Waals surface area contributed by atoms with Crippen LogP contribution in [-0.2, 0) is 16.8 Å². The number of nitrogens with one attached hydrogen (secondary N) is 1. The van der Waals surface area contributed by atoms with Gasteiger partial charge in [0.15, 0.2) is 5.78 Å². The maximum absolute atomic E-state index is 13.4. The molecule has 1 spiro atoms. The van der Waals surface area contributed by atoms with E-state index in [4.69, 9.17) is 0 Å². The molecule has 1 aromatic carbocycles. The average Bonchev–Trinajstić information content (AvgIpc) is 3.47. The third kappa shape index (κ3) is 3.81. The second-order valence-corrected chi connectivity index (χ2v) is 9.75. The van der Waals surface area contributed by atoms with E-state index in [1.54, 1.807) is 36.5 Å². The second-order valence-electron chi connectivity index (χ2n) is 8.75. The van der Waals surface area contributed by atoms with Crippen molar-refractivity contribution in [2.75, 3.05) is 6.54 Å². The smallest absolute Gasteiger partial charge is 0.387 e. The van der Waals surface area contributed by atoms with Crippen molar-refractivity contribution < 1.29 is 27.9 Å². The van der Waals surface area contributed by atoms with Gasteiger partial charge in [0.05, 0.1) is 6.54 Å². The lowest BCUT2D eigenvalue weighted by atomic mass is 9.80. The number of nitrogens with zero attached hydrogens (tertiary/aromatic N) is 2. The molecule has 7 nitrogen and oxygen atoms in total. The molecule has 3 heterocycles. The van der Waals surface area contributed by atoms with Gasteiger partial charge in [-0.05, 0) is 74.9 Å². The molecule has 182 valence electrons. The highest BCUT2D eigenvalue weighted by Crippen LogP contribution is 2.42. The first-order valence-electron chi connectivity index (χ1n) is 11.2. The molecule has 35 heavy (non-hydrogen) atoms. The molecule has 0 radical (unpaired) electrons. The quantitative estimate of drug-likeness (QED) is 0.393. The lowest BCUT2D eigenvalue weighted by molar-refractivity contribution is -0.131. The third-order valence-corrected chi connectivity index (χ3v) is 7.67. The number of benzene rings is 1. The number of imide groups is 1. The van der Waals surface area contributed by atoms with Crippen molar-refractivity contribution in [1.29, 1.82) is 0 Å². The molecular weight excluding hydrogens is 476 g/mol. The molecule has 1 saturated heterocycles. The van der Waals surface area contributed by atoms with Crippen molar-refractivity contribution in [3.05, 3.63) is 69.2 Å². The minimum atomic E-state index is -2.91. The first-order valence-corrected chi connectivity index (χ1v) is 12.1. The van der Waals surface area contributed by atoms with E-state index in [1.165, 1.54) is 12.1 Å². The van der Waals surface area contributed by atoms with E-state index in [1.807, 2.05) is 22.9 Å². The number of amides is 3. The zero-order valence-electron chi connectivity index (χ0n) is 19.1. The number of alkyl halides is 2. The fourth-order valence-electron chi connectivity index (χ4n) is 5.13. The number of thiophene rings is 1. The Kier molecular flexibility index (Phi) is 5.71. The van der Waals surface area contributed by atoms with E-state index in [2.05, 4.69) is 10.1 Å². The maximum atomic E-state index is 13.4. The molecule has 2 aliphatic rings. The molecule has 0 saturated carbocycles. The molecule has 3 aromatic rings. The molecule has 0 unspecified atom stereocenters. The molecule has 1 N–H and O–H groups in total. The monoisotopic (exact) mass is 499 g/mol. The molecule has 1 aliphatic heterocycles. The molecule has 5 rings (SSSR count). The lowest BCUT2D eigenvalue weighted by Gasteiger charge is -2.31. The van der Waals surface area contributed by atoms with Gasteiger partial charge in [-0.1, -0.05) is 0 Å². The van der Waals surface area contributed by atoms with E-state index in [0.29, 0.717) is 23.4 Å². The van der Waals surface area contributed by atoms with Gasteiger partial charge in [0.2, 0.25) is 0 Å². The first-order chi connectivity index (χ1) is 16.7. The highest BCUT2D eigenvalue weighted by Gasteiger charge is 2.54. The second kappa shape index (κ2) is 8.60. The number of ether oxygens (including phenoxy) is 1. The summed E-state index contributed by atoms with van der Waals surface area (Å²) in [6.45, 7) is 0.299. The number of Topliss-reactive ketones (excluding diaryl/α,β-unsaturated/α-hetero) is 1. The van der Waals surface area contributed by atoms with Gasteiger partial charge in [-0.25, -0.2) is 4.79 Å². The van der Waals surface area contributed by atoms with Gasteiger partial charge < -0.3 is 14.6 Å². The standard InChI is InChI=1S/C25H23F2N3O4S/c1-14-12-18(15(2)30(14)16-5-7-17(8-6-16)34-23(26)27)20(31)13-29-22(32)25(28-24(29)33)10-3-4-21-19(25)9-11-35-21/h5-9,11-12,23H,3-4,10,13H2,1-2H3,(H,28,33)/t25-/m0/s1. The largest absolute Gasteiger partial charge is 0.435 e. The van der Waals surface area contributed by atoms with Crippen molar-refractivity contribution in [2.24, 2.45) is 0 Å². The predicted octanol–water partition coefficient (Wildman–Crippen LogP) is 4.72. The van der Waals surface area contributed by atoms with Gasteiger partial charge in [0.25, 0.3) is 5.91 Å². The van der Waals surface area contributed by atoms with Crippen LogP contribution in [-0.4, -0.2) is 40.3 Å². The molecule has 1 fully saturated rings. The van der Waals surface area contributed by atoms with E-state index in [0.717, 1.165) is 33.9 Å². The number of halogens is 2. The number of fused-ring (bicyclic) bond motifs is 2. The minimum Gasteiger partial charge on any atom is -0.435 e. The fraction of sp³-hybridized carbons (Fsp3) is 0.320. The summed E-state index contributed by atoms with van der Waals surface area (Å²) < 4.78 is 31.1. The number of carbonyl (C=O) groups excluding carboxylic acids is 3. The van der Waals surface area contributed by atoms with Crippen LogP contribution >= 0.6 is 11.3 Å². The van der Waals surface area contributed by atoms with E-state index in [-0.39, 0.29) is 18.1 Å². The van der Waals surface area contributed by atoms with Crippen molar-refractivity contribution in [3.63, 3.8) is 0 Å². The summed E-state index contributed by atoms with van der Waals surface area (Å²) in [5.74, 6) is -0.714. The molecule has 1 atom stereocenters. The maximum Gasteiger partial charge on any atom is 0.387 e. The zero-order chi connectivity index (χ0) is 24.9. The van der Waals surface area contributed by atoms with E-state index in [9.17, 15) is 23.2 Å². The van der Waals surface area contributed by atoms with Gasteiger partial charge >= 0.3 is 12.6 Å². The van der Waals surface area contributed by atoms with Crippen LogP contribution in [0.3, 0.4) is 0 Å². The Balaban J connectivity index is 1.39. The molecule has 2 aromatic heterocycles. The third-order valence-electron chi connectivity index (χ3n) is 6.69. The van der Waals surface area contributed by atoms with Crippen LogP contribution < -0.4 is 10.1 Å². The van der Waals surface area contributed by atoms with Crippen molar-refractivity contribution in [1.82, 2.24) is 14.8 Å². The summed E-state index contributed by atoms with van der Waals surface area (Å²) in [5.41, 5.74) is 2.16. The van der Waals surface area contributed by atoms with E-state index >= 15 is 0 Å². The summed E-state index contributed by atoms with van der Waals surface area (Å²) in [6, 6.07) is 9.12. The Bertz CT molecular complexity index is 1330. The summed E-state index contributed by atoms with van der Waals surface area (Å²) in [7, 11) is 0. The van der Waals surface area contributed by atoms with Crippen LogP contribution in [0.25, 0.3) is 5.69 Å². The number of hydrogen-bond acceptors (Lipinski definition) is 5. The van der Waals surface area contributed by atoms with Gasteiger partial charge in [0, 0.05) is 33.1 Å². The van der Waals surface area contributed by atoms with Gasteiger partial charge in [0.1, 0.15) is 11.3 Å². The number of carbonyl (C=O) groups is 3. The Morgan fingerprint density at radius 2 is 1.94 bits per heavy atom. The lowest BCUT2D eigenvalue weighted by Crippen LogP contribution is -2.46. The average molecular weight is 500 g/mol. The summed E-state index contributed by atoms with van der Waals surface area (Å²) in [6.07, 6.45) is 2.16. The summed E-state index contributed by atoms with van der Waals surface area (Å²) in [5, 5.41) is 4.79. The normalized spacial score (nSPS) is 19.4. The number of aryl methyl sites for hydroxylation is 2. The molecule has 10 heteroatoms. The minimum absolute atomic E-state index is 0.0338. The number of urea groups is 1. The first kappa shape index (κ1) is 23.2. The van der Waals surface area contributed by atoms with Crippen LogP contribution in [0.2, 0.25) is 0 Å². The van der Waals surface area contributed by atoms with Crippen molar-refractivity contribution in [2.45, 2.75) is 45.3 Å². The molecular formula is C25H23F2N3O4S. The van der Waals surface area contributed by atoms with E-state index < -0.39 is 24.1 Å². The fourth-order valence-corrected chi connectivity index (χ4v) is 6.13. The van der Waals surface area contributed by atoms with Gasteiger partial charge in [-0.3, -0.25) is 14.5 Å². The number of rotatable bonds is 6. The molecule has 3 amide bonds. The number of ketones is 1. The zero-order valence-corrected chi connectivity index (χ0v) is 20.0. The topological polar surface area (TPSA) is 80.6 Å². The van der Waals surface area contributed by atoms with Crippen LogP contribution in [0.4, 0.5) is 13.6 Å². The Morgan fingerprint density at radius 3 is 2.66 bits per heavy atom. The highest BCUT2D eigenvalue weighted by atomic mass is 32.1. The molecule has 0 bridgehead atoms. The number of hydrogen-bond donors (Lipinski definition) is 1.